The molecule has 0 fully saturated rings. The highest BCUT2D eigenvalue weighted by Crippen LogP contribution is 2.31. The van der Waals surface area contributed by atoms with E-state index in [0.717, 1.165) is 30.5 Å². The van der Waals surface area contributed by atoms with Gasteiger partial charge in [-0.05, 0) is 39.0 Å². The molecule has 0 aliphatic rings. The van der Waals surface area contributed by atoms with E-state index in [4.69, 9.17) is 9.47 Å². The van der Waals surface area contributed by atoms with Gasteiger partial charge in [0.05, 0.1) is 45.5 Å². The van der Waals surface area contributed by atoms with Gasteiger partial charge in [-0.15, -0.1) is 0 Å². The summed E-state index contributed by atoms with van der Waals surface area (Å²) in [6.45, 7) is 8.90. The van der Waals surface area contributed by atoms with Crippen LogP contribution in [0.1, 0.15) is 37.7 Å². The number of amides is 1. The lowest BCUT2D eigenvalue weighted by atomic mass is 10.2. The van der Waals surface area contributed by atoms with Crippen LogP contribution in [0.15, 0.2) is 18.2 Å². The summed E-state index contributed by atoms with van der Waals surface area (Å²) >= 11 is 0. The molecule has 2 aromatic rings. The first-order chi connectivity index (χ1) is 12.5. The minimum absolute atomic E-state index is 0.126. The van der Waals surface area contributed by atoms with Gasteiger partial charge in [0.1, 0.15) is 11.4 Å². The van der Waals surface area contributed by atoms with Crippen LogP contribution in [0.3, 0.4) is 0 Å². The smallest absolute Gasteiger partial charge is 0.356 e. The van der Waals surface area contributed by atoms with Crippen molar-refractivity contribution in [3.05, 3.63) is 23.9 Å². The topological polar surface area (TPSA) is 84.9 Å². The SMILES string of the molecule is CCOC(=O)c1[nH]c2ccc(OC)cc2c1NC(=O)CC[NH+](CC)CC. The summed E-state index contributed by atoms with van der Waals surface area (Å²) in [6, 6.07) is 5.40. The Labute approximate surface area is 153 Å². The van der Waals surface area contributed by atoms with Crippen LogP contribution in [0.4, 0.5) is 5.69 Å². The number of fused-ring (bicyclic) bond motifs is 1. The molecule has 0 atom stereocenters. The Kier molecular flexibility index (Phi) is 7.03. The van der Waals surface area contributed by atoms with Crippen molar-refractivity contribution in [1.82, 2.24) is 4.98 Å². The van der Waals surface area contributed by atoms with E-state index in [9.17, 15) is 9.59 Å². The van der Waals surface area contributed by atoms with E-state index in [0.29, 0.717) is 17.9 Å². The number of hydrogen-bond acceptors (Lipinski definition) is 4. The number of nitrogens with one attached hydrogen (secondary N) is 3. The van der Waals surface area contributed by atoms with E-state index in [1.807, 2.05) is 6.07 Å². The molecule has 26 heavy (non-hydrogen) atoms. The highest BCUT2D eigenvalue weighted by atomic mass is 16.5. The fourth-order valence-corrected chi connectivity index (χ4v) is 2.88. The summed E-state index contributed by atoms with van der Waals surface area (Å²) < 4.78 is 10.4. The molecular formula is C19H28N3O4+. The van der Waals surface area contributed by atoms with E-state index < -0.39 is 5.97 Å². The van der Waals surface area contributed by atoms with Crippen molar-refractivity contribution >= 4 is 28.5 Å². The lowest BCUT2D eigenvalue weighted by molar-refractivity contribution is -0.895. The number of ether oxygens (including phenoxy) is 2. The molecule has 1 amide bonds. The van der Waals surface area contributed by atoms with Crippen molar-refractivity contribution in [1.29, 1.82) is 0 Å². The number of benzene rings is 1. The number of methoxy groups -OCH3 is 1. The normalized spacial score (nSPS) is 11.0. The van der Waals surface area contributed by atoms with Gasteiger partial charge in [0.25, 0.3) is 0 Å². The summed E-state index contributed by atoms with van der Waals surface area (Å²) in [6.07, 6.45) is 0.385. The molecule has 0 saturated heterocycles. The Morgan fingerprint density at radius 2 is 1.92 bits per heavy atom. The summed E-state index contributed by atoms with van der Waals surface area (Å²) in [5, 5.41) is 3.61. The van der Waals surface area contributed by atoms with E-state index in [-0.39, 0.29) is 18.2 Å². The zero-order chi connectivity index (χ0) is 19.1. The van der Waals surface area contributed by atoms with Crippen molar-refractivity contribution in [3.8, 4) is 5.75 Å². The third kappa shape index (κ3) is 4.54. The van der Waals surface area contributed by atoms with Crippen molar-refractivity contribution in [2.45, 2.75) is 27.2 Å². The van der Waals surface area contributed by atoms with E-state index in [1.165, 1.54) is 4.90 Å². The second-order valence-electron chi connectivity index (χ2n) is 6.01. The van der Waals surface area contributed by atoms with Crippen LogP contribution >= 0.6 is 0 Å². The predicted octanol–water partition coefficient (Wildman–Crippen LogP) is 1.61. The minimum Gasteiger partial charge on any atom is -0.497 e. The van der Waals surface area contributed by atoms with Crippen LogP contribution < -0.4 is 15.0 Å². The maximum atomic E-state index is 12.5. The number of hydrogen-bond donors (Lipinski definition) is 3. The van der Waals surface area contributed by atoms with Gasteiger partial charge in [-0.25, -0.2) is 4.79 Å². The summed E-state index contributed by atoms with van der Waals surface area (Å²) in [7, 11) is 1.57. The maximum Gasteiger partial charge on any atom is 0.356 e. The molecule has 0 unspecified atom stereocenters. The van der Waals surface area contributed by atoms with Crippen LogP contribution in [-0.2, 0) is 9.53 Å². The fourth-order valence-electron chi connectivity index (χ4n) is 2.88. The number of carbonyl (C=O) groups is 2. The number of rotatable bonds is 9. The molecule has 142 valence electrons. The van der Waals surface area contributed by atoms with Gasteiger partial charge < -0.3 is 24.7 Å². The van der Waals surface area contributed by atoms with Gasteiger partial charge in [-0.1, -0.05) is 0 Å². The Bertz CT molecular complexity index is 765. The van der Waals surface area contributed by atoms with Crippen LogP contribution in [0.5, 0.6) is 5.75 Å². The highest BCUT2D eigenvalue weighted by Gasteiger charge is 2.21. The maximum absolute atomic E-state index is 12.5. The van der Waals surface area contributed by atoms with Gasteiger partial charge in [0, 0.05) is 10.9 Å². The zero-order valence-electron chi connectivity index (χ0n) is 15.9. The van der Waals surface area contributed by atoms with Gasteiger partial charge in [0.15, 0.2) is 0 Å². The number of carbonyl (C=O) groups excluding carboxylic acids is 2. The first-order valence-corrected chi connectivity index (χ1v) is 9.04. The highest BCUT2D eigenvalue weighted by molar-refractivity contribution is 6.11. The minimum atomic E-state index is -0.493. The largest absolute Gasteiger partial charge is 0.497 e. The van der Waals surface area contributed by atoms with Crippen LogP contribution in [-0.4, -0.2) is 50.2 Å². The number of aromatic nitrogens is 1. The standard InChI is InChI=1S/C19H27N3O4/c1-5-22(6-2)11-10-16(23)21-17-14-12-13(25-4)8-9-15(14)20-18(17)19(24)26-7-3/h8-9,12,20H,5-7,10-11H2,1-4H3,(H,21,23)/p+1. The first kappa shape index (κ1) is 19.8. The number of aromatic amines is 1. The Morgan fingerprint density at radius 1 is 1.19 bits per heavy atom. The van der Waals surface area contributed by atoms with E-state index in [1.54, 1.807) is 26.2 Å². The molecule has 0 aliphatic carbocycles. The quantitative estimate of drug-likeness (QED) is 0.592. The van der Waals surface area contributed by atoms with Gasteiger partial charge in [0.2, 0.25) is 5.91 Å². The van der Waals surface area contributed by atoms with E-state index >= 15 is 0 Å². The van der Waals surface area contributed by atoms with Crippen molar-refractivity contribution < 1.29 is 24.0 Å². The first-order valence-electron chi connectivity index (χ1n) is 9.04. The predicted molar refractivity (Wildman–Crippen MR) is 101 cm³/mol. The summed E-state index contributed by atoms with van der Waals surface area (Å²) in [5.41, 5.74) is 1.43. The Hall–Kier alpha value is -2.54. The molecule has 3 N–H and O–H groups in total. The summed E-state index contributed by atoms with van der Waals surface area (Å²) in [5.74, 6) is 0.0287. The van der Waals surface area contributed by atoms with Crippen LogP contribution in [0.2, 0.25) is 0 Å². The number of quaternary nitrogens is 1. The van der Waals surface area contributed by atoms with Crippen molar-refractivity contribution in [2.24, 2.45) is 0 Å². The van der Waals surface area contributed by atoms with E-state index in [2.05, 4.69) is 24.1 Å². The molecule has 1 heterocycles. The molecule has 7 heteroatoms. The number of esters is 1. The van der Waals surface area contributed by atoms with Gasteiger partial charge in [-0.3, -0.25) is 4.79 Å². The van der Waals surface area contributed by atoms with Crippen LogP contribution in [0.25, 0.3) is 10.9 Å². The molecule has 7 nitrogen and oxygen atoms in total. The molecule has 1 aromatic heterocycles. The Balaban J connectivity index is 2.31. The fraction of sp³-hybridized carbons (Fsp3) is 0.474. The second kappa shape index (κ2) is 9.24. The van der Waals surface area contributed by atoms with Crippen molar-refractivity contribution in [2.75, 3.05) is 38.7 Å². The third-order valence-electron chi connectivity index (χ3n) is 4.46. The average molecular weight is 362 g/mol. The third-order valence-corrected chi connectivity index (χ3v) is 4.46. The molecule has 0 spiro atoms. The number of anilines is 1. The average Bonchev–Trinajstić information content (AvgIpc) is 3.00. The molecule has 2 rings (SSSR count). The monoisotopic (exact) mass is 362 g/mol. The molecule has 0 aliphatic heterocycles. The molecule has 1 aromatic carbocycles. The lowest BCUT2D eigenvalue weighted by Gasteiger charge is -2.15. The molecule has 0 radical (unpaired) electrons. The molecule has 0 saturated carbocycles. The molecular weight excluding hydrogens is 334 g/mol. The second-order valence-corrected chi connectivity index (χ2v) is 6.01. The summed E-state index contributed by atoms with van der Waals surface area (Å²) in [4.78, 5) is 29.1. The zero-order valence-corrected chi connectivity index (χ0v) is 15.9. The lowest BCUT2D eigenvalue weighted by Crippen LogP contribution is -3.11. The van der Waals surface area contributed by atoms with Crippen LogP contribution in [0, 0.1) is 0 Å². The van der Waals surface area contributed by atoms with Crippen molar-refractivity contribution in [3.63, 3.8) is 0 Å². The Morgan fingerprint density at radius 3 is 2.54 bits per heavy atom. The van der Waals surface area contributed by atoms with Gasteiger partial charge in [-0.2, -0.15) is 0 Å². The van der Waals surface area contributed by atoms with Gasteiger partial charge >= 0.3 is 5.97 Å². The molecule has 0 bridgehead atoms. The number of H-pyrrole nitrogens is 1.